The van der Waals surface area contributed by atoms with Crippen LogP contribution in [0.4, 0.5) is 5.69 Å². The van der Waals surface area contributed by atoms with Crippen molar-refractivity contribution in [3.8, 4) is 0 Å². The van der Waals surface area contributed by atoms with Gasteiger partial charge in [-0.05, 0) is 35.2 Å². The summed E-state index contributed by atoms with van der Waals surface area (Å²) in [6.45, 7) is 6.45. The molecule has 1 aromatic carbocycles. The van der Waals surface area contributed by atoms with Crippen molar-refractivity contribution in [2.24, 2.45) is 0 Å². The zero-order valence-electron chi connectivity index (χ0n) is 11.8. The molecule has 0 saturated carbocycles. The number of nitrogens with one attached hydrogen (secondary N) is 1. The van der Waals surface area contributed by atoms with Crippen LogP contribution in [0.15, 0.2) is 42.6 Å². The normalized spacial score (nSPS) is 11.2. The van der Waals surface area contributed by atoms with Gasteiger partial charge < -0.3 is 5.32 Å². The second-order valence-electron chi connectivity index (χ2n) is 5.62. The molecule has 20 heavy (non-hydrogen) atoms. The van der Waals surface area contributed by atoms with Crippen molar-refractivity contribution in [3.63, 3.8) is 0 Å². The van der Waals surface area contributed by atoms with Gasteiger partial charge in [0.2, 0.25) is 0 Å². The van der Waals surface area contributed by atoms with Crippen LogP contribution in [-0.2, 0) is 5.41 Å². The monoisotopic (exact) mass is 288 g/mol. The van der Waals surface area contributed by atoms with E-state index in [9.17, 15) is 4.79 Å². The topological polar surface area (TPSA) is 42.0 Å². The molecule has 2 rings (SSSR count). The van der Waals surface area contributed by atoms with E-state index in [1.807, 2.05) is 24.3 Å². The van der Waals surface area contributed by atoms with Gasteiger partial charge in [0.25, 0.3) is 5.91 Å². The van der Waals surface area contributed by atoms with Crippen LogP contribution in [0.25, 0.3) is 0 Å². The first kappa shape index (κ1) is 14.5. The molecule has 0 bridgehead atoms. The number of aromatic nitrogens is 1. The van der Waals surface area contributed by atoms with Gasteiger partial charge in [-0.3, -0.25) is 4.79 Å². The number of carbonyl (C=O) groups excluding carboxylic acids is 1. The van der Waals surface area contributed by atoms with Gasteiger partial charge in [0.15, 0.2) is 0 Å². The van der Waals surface area contributed by atoms with Crippen LogP contribution < -0.4 is 5.32 Å². The first-order chi connectivity index (χ1) is 9.38. The number of nitrogens with zero attached hydrogens (tertiary/aromatic N) is 1. The molecule has 0 aliphatic heterocycles. The highest BCUT2D eigenvalue weighted by Gasteiger charge is 2.14. The van der Waals surface area contributed by atoms with Crippen LogP contribution in [0.2, 0.25) is 5.15 Å². The second-order valence-corrected chi connectivity index (χ2v) is 5.98. The molecule has 0 spiro atoms. The van der Waals surface area contributed by atoms with Crippen molar-refractivity contribution < 1.29 is 4.79 Å². The predicted molar refractivity (Wildman–Crippen MR) is 82.3 cm³/mol. The molecule has 0 atom stereocenters. The van der Waals surface area contributed by atoms with Crippen molar-refractivity contribution in [1.82, 2.24) is 4.98 Å². The van der Waals surface area contributed by atoms with Crippen LogP contribution in [0, 0.1) is 0 Å². The minimum Gasteiger partial charge on any atom is -0.322 e. The lowest BCUT2D eigenvalue weighted by Crippen LogP contribution is -2.14. The average molecular weight is 289 g/mol. The zero-order valence-corrected chi connectivity index (χ0v) is 12.5. The maximum atomic E-state index is 12.1. The van der Waals surface area contributed by atoms with Crippen molar-refractivity contribution in [2.45, 2.75) is 26.2 Å². The lowest BCUT2D eigenvalue weighted by Gasteiger charge is -2.19. The zero-order chi connectivity index (χ0) is 14.8. The standard InChI is InChI=1S/C16H17ClN2O/c1-16(2,3)11-6-8-12(9-7-11)19-15(20)13-5-4-10-18-14(13)17/h4-10H,1-3H3,(H,19,20). The Balaban J connectivity index is 2.15. The van der Waals surface area contributed by atoms with E-state index in [-0.39, 0.29) is 16.5 Å². The molecule has 1 N–H and O–H groups in total. The fourth-order valence-corrected chi connectivity index (χ4v) is 2.01. The van der Waals surface area contributed by atoms with Gasteiger partial charge in [0, 0.05) is 11.9 Å². The smallest absolute Gasteiger partial charge is 0.258 e. The third-order valence-electron chi connectivity index (χ3n) is 3.01. The molecule has 0 unspecified atom stereocenters. The quantitative estimate of drug-likeness (QED) is 0.838. The van der Waals surface area contributed by atoms with Gasteiger partial charge in [-0.25, -0.2) is 4.98 Å². The predicted octanol–water partition coefficient (Wildman–Crippen LogP) is 4.28. The summed E-state index contributed by atoms with van der Waals surface area (Å²) in [7, 11) is 0. The number of carbonyl (C=O) groups is 1. The molecular weight excluding hydrogens is 272 g/mol. The van der Waals surface area contributed by atoms with Gasteiger partial charge in [-0.1, -0.05) is 44.5 Å². The van der Waals surface area contributed by atoms with E-state index >= 15 is 0 Å². The Morgan fingerprint density at radius 1 is 1.15 bits per heavy atom. The molecule has 4 heteroatoms. The van der Waals surface area contributed by atoms with E-state index in [1.165, 1.54) is 5.56 Å². The summed E-state index contributed by atoms with van der Waals surface area (Å²) in [5, 5.41) is 3.02. The molecule has 104 valence electrons. The third-order valence-corrected chi connectivity index (χ3v) is 3.31. The van der Waals surface area contributed by atoms with Crippen molar-refractivity contribution >= 4 is 23.2 Å². The van der Waals surface area contributed by atoms with Gasteiger partial charge in [-0.15, -0.1) is 0 Å². The first-order valence-corrected chi connectivity index (χ1v) is 6.78. The summed E-state index contributed by atoms with van der Waals surface area (Å²) >= 11 is 5.90. The maximum absolute atomic E-state index is 12.1. The van der Waals surface area contributed by atoms with Crippen LogP contribution in [0.3, 0.4) is 0 Å². The number of benzene rings is 1. The Morgan fingerprint density at radius 2 is 1.80 bits per heavy atom. The van der Waals surface area contributed by atoms with Crippen LogP contribution in [0.5, 0.6) is 0 Å². The Bertz CT molecular complexity index is 615. The van der Waals surface area contributed by atoms with E-state index < -0.39 is 0 Å². The van der Waals surface area contributed by atoms with E-state index in [0.29, 0.717) is 5.56 Å². The molecule has 0 radical (unpaired) electrons. The molecular formula is C16H17ClN2O. The van der Waals surface area contributed by atoms with Gasteiger partial charge in [0.1, 0.15) is 5.15 Å². The van der Waals surface area contributed by atoms with Crippen LogP contribution in [0.1, 0.15) is 36.7 Å². The first-order valence-electron chi connectivity index (χ1n) is 6.40. The van der Waals surface area contributed by atoms with E-state index in [4.69, 9.17) is 11.6 Å². The lowest BCUT2D eigenvalue weighted by molar-refractivity contribution is 0.102. The number of amides is 1. The Labute approximate surface area is 124 Å². The molecule has 1 amide bonds. The van der Waals surface area contributed by atoms with Crippen molar-refractivity contribution in [2.75, 3.05) is 5.32 Å². The summed E-state index contributed by atoms with van der Waals surface area (Å²) in [5.41, 5.74) is 2.42. The molecule has 1 aromatic heterocycles. The Morgan fingerprint density at radius 3 is 2.35 bits per heavy atom. The highest BCUT2D eigenvalue weighted by Crippen LogP contribution is 2.24. The summed E-state index contributed by atoms with van der Waals surface area (Å²) in [4.78, 5) is 16.0. The molecule has 1 heterocycles. The van der Waals surface area contributed by atoms with E-state index in [1.54, 1.807) is 18.3 Å². The molecule has 0 saturated heterocycles. The second kappa shape index (κ2) is 5.63. The number of pyridine rings is 1. The molecule has 3 nitrogen and oxygen atoms in total. The average Bonchev–Trinajstić information content (AvgIpc) is 2.38. The van der Waals surface area contributed by atoms with E-state index in [0.717, 1.165) is 5.69 Å². The fraction of sp³-hybridized carbons (Fsp3) is 0.250. The lowest BCUT2D eigenvalue weighted by atomic mass is 9.87. The minimum absolute atomic E-state index is 0.0925. The number of hydrogen-bond donors (Lipinski definition) is 1. The molecule has 0 aliphatic rings. The Kier molecular flexibility index (Phi) is 4.09. The summed E-state index contributed by atoms with van der Waals surface area (Å²) in [6, 6.07) is 11.1. The number of anilines is 1. The van der Waals surface area contributed by atoms with Gasteiger partial charge in [0.05, 0.1) is 5.56 Å². The van der Waals surface area contributed by atoms with Crippen molar-refractivity contribution in [1.29, 1.82) is 0 Å². The van der Waals surface area contributed by atoms with E-state index in [2.05, 4.69) is 31.1 Å². The van der Waals surface area contributed by atoms with Gasteiger partial charge >= 0.3 is 0 Å². The summed E-state index contributed by atoms with van der Waals surface area (Å²) in [6.07, 6.45) is 1.55. The van der Waals surface area contributed by atoms with Crippen LogP contribution >= 0.6 is 11.6 Å². The van der Waals surface area contributed by atoms with Crippen molar-refractivity contribution in [3.05, 3.63) is 58.9 Å². The Hall–Kier alpha value is -1.87. The fourth-order valence-electron chi connectivity index (χ4n) is 1.81. The summed E-state index contributed by atoms with van der Waals surface area (Å²) in [5.74, 6) is -0.258. The number of halogens is 1. The summed E-state index contributed by atoms with van der Waals surface area (Å²) < 4.78 is 0. The maximum Gasteiger partial charge on any atom is 0.258 e. The molecule has 0 aliphatic carbocycles. The highest BCUT2D eigenvalue weighted by atomic mass is 35.5. The largest absolute Gasteiger partial charge is 0.322 e. The molecule has 0 fully saturated rings. The van der Waals surface area contributed by atoms with Gasteiger partial charge in [-0.2, -0.15) is 0 Å². The molecule has 2 aromatic rings. The number of hydrogen-bond acceptors (Lipinski definition) is 2. The van der Waals surface area contributed by atoms with Crippen LogP contribution in [-0.4, -0.2) is 10.9 Å². The third kappa shape index (κ3) is 3.36. The SMILES string of the molecule is CC(C)(C)c1ccc(NC(=O)c2cccnc2Cl)cc1. The number of rotatable bonds is 2. The highest BCUT2D eigenvalue weighted by molar-refractivity contribution is 6.33. The minimum atomic E-state index is -0.258.